The fourth-order valence-corrected chi connectivity index (χ4v) is 8.63. The van der Waals surface area contributed by atoms with E-state index in [1.54, 1.807) is 0 Å². The molecule has 0 saturated heterocycles. The summed E-state index contributed by atoms with van der Waals surface area (Å²) in [5.41, 5.74) is 12.7. The summed E-state index contributed by atoms with van der Waals surface area (Å²) >= 11 is 0. The van der Waals surface area contributed by atoms with Gasteiger partial charge in [-0.3, -0.25) is 0 Å². The van der Waals surface area contributed by atoms with Gasteiger partial charge in [0.05, 0.1) is 11.0 Å². The van der Waals surface area contributed by atoms with Crippen LogP contribution in [0, 0.1) is 0 Å². The number of hydrogen-bond acceptors (Lipinski definition) is 0. The van der Waals surface area contributed by atoms with E-state index in [0.717, 1.165) is 61.0 Å². The summed E-state index contributed by atoms with van der Waals surface area (Å²) in [4.78, 5) is 0. The first-order valence-corrected chi connectivity index (χ1v) is 18.6. The predicted octanol–water partition coefficient (Wildman–Crippen LogP) is 4.44. The fraction of sp³-hybridized carbons (Fsp3) is 0. The van der Waals surface area contributed by atoms with Gasteiger partial charge < -0.3 is 9.13 Å². The molecule has 10 rings (SSSR count). The van der Waals surface area contributed by atoms with Crippen LogP contribution in [0.4, 0.5) is 0 Å². The van der Waals surface area contributed by atoms with Crippen molar-refractivity contribution >= 4 is 137 Å². The molecule has 0 amide bonds. The molecule has 10 aromatic rings. The molecule has 0 saturated carbocycles. The van der Waals surface area contributed by atoms with Gasteiger partial charge in [0.2, 0.25) is 0 Å². The molecule has 0 aliphatic heterocycles. The normalized spacial score (nSPS) is 11.6. The second kappa shape index (κ2) is 13.5. The van der Waals surface area contributed by atoms with E-state index >= 15 is 0 Å². The topological polar surface area (TPSA) is 9.86 Å². The van der Waals surface area contributed by atoms with E-state index in [-0.39, 0.29) is 21.9 Å². The van der Waals surface area contributed by atoms with Gasteiger partial charge in [-0.2, -0.15) is 0 Å². The molecule has 0 aliphatic carbocycles. The molecular formula is C48H25B7N2. The van der Waals surface area contributed by atoms with Gasteiger partial charge in [0, 0.05) is 38.6 Å². The van der Waals surface area contributed by atoms with E-state index in [0.29, 0.717) is 43.8 Å². The van der Waals surface area contributed by atoms with Crippen molar-refractivity contribution in [3.63, 3.8) is 0 Å². The number of aromatic nitrogens is 2. The Morgan fingerprint density at radius 3 is 1.51 bits per heavy atom. The first kappa shape index (κ1) is 35.2. The zero-order chi connectivity index (χ0) is 39.1. The number of rotatable bonds is 5. The predicted molar refractivity (Wildman–Crippen MR) is 249 cm³/mol. The van der Waals surface area contributed by atoms with Gasteiger partial charge in [-0.25, -0.2) is 0 Å². The molecule has 0 fully saturated rings. The summed E-state index contributed by atoms with van der Waals surface area (Å²) in [5.74, 6) is 0. The zero-order valence-corrected chi connectivity index (χ0v) is 30.9. The van der Waals surface area contributed by atoms with Crippen LogP contribution < -0.4 is 38.2 Å². The van der Waals surface area contributed by atoms with Gasteiger partial charge in [0.25, 0.3) is 0 Å². The molecule has 248 valence electrons. The number of nitrogens with zero attached hydrogens (tertiary/aromatic N) is 2. The average Bonchev–Trinajstić information content (AvgIpc) is 3.79. The third kappa shape index (κ3) is 5.28. The molecular weight excluding hydrogens is 680 g/mol. The largest absolute Gasteiger partial charge is 0.311 e. The summed E-state index contributed by atoms with van der Waals surface area (Å²) in [7, 11) is 48.3. The van der Waals surface area contributed by atoms with Crippen molar-refractivity contribution in [2.24, 2.45) is 0 Å². The molecule has 2 heterocycles. The van der Waals surface area contributed by atoms with E-state index in [9.17, 15) is 0 Å². The number of hydrogen-bond donors (Lipinski definition) is 0. The zero-order valence-electron chi connectivity index (χ0n) is 30.9. The lowest BCUT2D eigenvalue weighted by molar-refractivity contribution is 1.18. The molecule has 0 aliphatic rings. The summed E-state index contributed by atoms with van der Waals surface area (Å²) in [6.07, 6.45) is 0. The lowest BCUT2D eigenvalue weighted by atomic mass is 9.64. The standard InChI is InChI=1S/C48H25B7N2/c49-40-36(29-21-24-34-33(25-29)37-32(28-13-6-2-7-14-28)17-10-18-35(37)56(34)30-15-8-3-9-16-30)41(50)45(54)47-38(40)39-42(51)43(52)44(53)46(55)48(39)57(47)31-22-19-27(20-23-31)26-11-4-1-5-12-26/h1-25H. The van der Waals surface area contributed by atoms with Crippen LogP contribution in [0.15, 0.2) is 152 Å². The first-order chi connectivity index (χ1) is 27.7. The van der Waals surface area contributed by atoms with Crippen LogP contribution in [0.2, 0.25) is 0 Å². The number of benzene rings is 8. The van der Waals surface area contributed by atoms with Gasteiger partial charge in [-0.05, 0) is 81.2 Å². The molecule has 0 N–H and O–H groups in total. The summed E-state index contributed by atoms with van der Waals surface area (Å²) in [5, 5.41) is 3.28. The third-order valence-electron chi connectivity index (χ3n) is 11.3. The second-order valence-corrected chi connectivity index (χ2v) is 14.4. The highest BCUT2D eigenvalue weighted by atomic mass is 15.0. The molecule has 0 bridgehead atoms. The Balaban J connectivity index is 1.28. The average molecular weight is 705 g/mol. The van der Waals surface area contributed by atoms with Crippen LogP contribution in [0.5, 0.6) is 0 Å². The Morgan fingerprint density at radius 1 is 0.316 bits per heavy atom. The van der Waals surface area contributed by atoms with Gasteiger partial charge in [0.15, 0.2) is 0 Å². The van der Waals surface area contributed by atoms with Gasteiger partial charge in [0.1, 0.15) is 54.9 Å². The molecule has 2 aromatic heterocycles. The van der Waals surface area contributed by atoms with Crippen molar-refractivity contribution in [2.75, 3.05) is 0 Å². The molecule has 8 aromatic carbocycles. The highest BCUT2D eigenvalue weighted by Gasteiger charge is 2.25. The molecule has 9 heteroatoms. The van der Waals surface area contributed by atoms with Gasteiger partial charge in [-0.15, -0.1) is 10.9 Å². The van der Waals surface area contributed by atoms with Crippen LogP contribution in [-0.2, 0) is 0 Å². The highest BCUT2D eigenvalue weighted by Crippen LogP contribution is 2.40. The molecule has 2 nitrogen and oxygen atoms in total. The minimum atomic E-state index is 0.179. The Hall–Kier alpha value is -6.19. The molecule has 14 radical (unpaired) electrons. The van der Waals surface area contributed by atoms with Crippen LogP contribution >= 0.6 is 0 Å². The van der Waals surface area contributed by atoms with Crippen molar-refractivity contribution in [3.8, 4) is 44.8 Å². The molecule has 0 spiro atoms. The lowest BCUT2D eigenvalue weighted by Crippen LogP contribution is -2.48. The van der Waals surface area contributed by atoms with Crippen LogP contribution in [0.25, 0.3) is 88.4 Å². The first-order valence-electron chi connectivity index (χ1n) is 18.6. The van der Waals surface area contributed by atoms with Gasteiger partial charge >= 0.3 is 0 Å². The Bertz CT molecular complexity index is 3230. The quantitative estimate of drug-likeness (QED) is 0.235. The third-order valence-corrected chi connectivity index (χ3v) is 11.3. The lowest BCUT2D eigenvalue weighted by Gasteiger charge is -2.19. The monoisotopic (exact) mass is 706 g/mol. The van der Waals surface area contributed by atoms with Crippen LogP contribution in [0.3, 0.4) is 0 Å². The molecule has 0 unspecified atom stereocenters. The summed E-state index contributed by atoms with van der Waals surface area (Å²) < 4.78 is 4.23. The van der Waals surface area contributed by atoms with Crippen LogP contribution in [-0.4, -0.2) is 64.1 Å². The van der Waals surface area contributed by atoms with Crippen molar-refractivity contribution in [1.82, 2.24) is 9.13 Å². The number of fused-ring (bicyclic) bond motifs is 6. The second-order valence-electron chi connectivity index (χ2n) is 14.4. The van der Waals surface area contributed by atoms with Crippen molar-refractivity contribution in [1.29, 1.82) is 0 Å². The van der Waals surface area contributed by atoms with Crippen molar-refractivity contribution in [2.45, 2.75) is 0 Å². The SMILES string of the molecule is [B]c1c([B])c([B])c2c(c1[B])c1c([B])c(-c3ccc4c(c3)c3c(-c5ccccc5)cccc3n4-c3ccccc3)c([B])c([B])c1n2-c1ccc(-c2ccccc2)cc1. The van der Waals surface area contributed by atoms with E-state index in [1.165, 1.54) is 0 Å². The van der Waals surface area contributed by atoms with E-state index in [1.807, 2.05) is 65.2 Å². The Kier molecular flexibility index (Phi) is 8.34. The minimum absolute atomic E-state index is 0.179. The maximum Gasteiger partial charge on any atom is 0.115 e. The maximum atomic E-state index is 7.34. The Labute approximate surface area is 340 Å². The maximum absolute atomic E-state index is 7.34. The van der Waals surface area contributed by atoms with Crippen molar-refractivity contribution in [3.05, 3.63) is 152 Å². The highest BCUT2D eigenvalue weighted by molar-refractivity contribution is 6.69. The summed E-state index contributed by atoms with van der Waals surface area (Å²) in [6.45, 7) is 0. The summed E-state index contributed by atoms with van der Waals surface area (Å²) in [6, 6.07) is 51.8. The van der Waals surface area contributed by atoms with Crippen LogP contribution in [0.1, 0.15) is 0 Å². The molecule has 57 heavy (non-hydrogen) atoms. The smallest absolute Gasteiger partial charge is 0.115 e. The van der Waals surface area contributed by atoms with E-state index < -0.39 is 0 Å². The Morgan fingerprint density at radius 2 is 0.842 bits per heavy atom. The van der Waals surface area contributed by atoms with E-state index in [2.05, 4.69) is 95.6 Å². The fourth-order valence-electron chi connectivity index (χ4n) is 8.63. The molecule has 0 atom stereocenters. The van der Waals surface area contributed by atoms with Gasteiger partial charge in [-0.1, -0.05) is 137 Å². The minimum Gasteiger partial charge on any atom is -0.311 e. The number of para-hydroxylation sites is 1. The van der Waals surface area contributed by atoms with Crippen molar-refractivity contribution < 1.29 is 0 Å². The van der Waals surface area contributed by atoms with E-state index in [4.69, 9.17) is 54.9 Å².